The average Bonchev–Trinajstić information content (AvgIpc) is 2.54. The highest BCUT2D eigenvalue weighted by Gasteiger charge is 2.08. The van der Waals surface area contributed by atoms with Crippen LogP contribution in [0.25, 0.3) is 0 Å². The summed E-state index contributed by atoms with van der Waals surface area (Å²) in [6, 6.07) is 11.5. The van der Waals surface area contributed by atoms with Crippen LogP contribution in [0.15, 0.2) is 42.6 Å². The molecule has 2 N–H and O–H groups in total. The van der Waals surface area contributed by atoms with E-state index in [1.165, 1.54) is 5.56 Å². The lowest BCUT2D eigenvalue weighted by molar-refractivity contribution is 0.102. The number of pyridine rings is 1. The van der Waals surface area contributed by atoms with Gasteiger partial charge in [0.1, 0.15) is 5.69 Å². The molecule has 0 radical (unpaired) electrons. The van der Waals surface area contributed by atoms with Crippen LogP contribution in [0.1, 0.15) is 36.3 Å². The smallest absolute Gasteiger partial charge is 0.274 e. The van der Waals surface area contributed by atoms with Gasteiger partial charge < -0.3 is 10.6 Å². The maximum atomic E-state index is 12.2. The van der Waals surface area contributed by atoms with E-state index in [0.29, 0.717) is 5.69 Å². The maximum absolute atomic E-state index is 12.2. The third kappa shape index (κ3) is 4.31. The highest BCUT2D eigenvalue weighted by atomic mass is 16.1. The molecule has 1 aromatic carbocycles. The van der Waals surface area contributed by atoms with Crippen molar-refractivity contribution in [3.8, 4) is 0 Å². The number of rotatable bonds is 6. The quantitative estimate of drug-likeness (QED) is 0.849. The van der Waals surface area contributed by atoms with Gasteiger partial charge in [0.2, 0.25) is 0 Å². The molecule has 0 saturated heterocycles. The van der Waals surface area contributed by atoms with Crippen molar-refractivity contribution in [2.75, 3.05) is 17.2 Å². The minimum absolute atomic E-state index is 0.195. The van der Waals surface area contributed by atoms with Crippen molar-refractivity contribution in [1.82, 2.24) is 4.98 Å². The van der Waals surface area contributed by atoms with Crippen LogP contribution in [0.2, 0.25) is 0 Å². The van der Waals surface area contributed by atoms with E-state index < -0.39 is 0 Å². The van der Waals surface area contributed by atoms with Crippen LogP contribution in [-0.4, -0.2) is 17.4 Å². The van der Waals surface area contributed by atoms with Crippen molar-refractivity contribution in [2.24, 2.45) is 0 Å². The van der Waals surface area contributed by atoms with Crippen LogP contribution in [0.3, 0.4) is 0 Å². The number of nitrogens with zero attached hydrogens (tertiary/aromatic N) is 1. The van der Waals surface area contributed by atoms with Crippen LogP contribution >= 0.6 is 0 Å². The van der Waals surface area contributed by atoms with Crippen molar-refractivity contribution in [3.63, 3.8) is 0 Å². The van der Waals surface area contributed by atoms with Crippen LogP contribution in [0.4, 0.5) is 11.4 Å². The average molecular weight is 283 g/mol. The maximum Gasteiger partial charge on any atom is 0.274 e. The van der Waals surface area contributed by atoms with Gasteiger partial charge in [-0.25, -0.2) is 0 Å². The highest BCUT2D eigenvalue weighted by Crippen LogP contribution is 2.13. The Morgan fingerprint density at radius 3 is 2.52 bits per heavy atom. The molecule has 1 amide bonds. The number of amides is 1. The van der Waals surface area contributed by atoms with Gasteiger partial charge in [0.05, 0.1) is 0 Å². The number of benzene rings is 1. The van der Waals surface area contributed by atoms with E-state index >= 15 is 0 Å². The molecule has 1 heterocycles. The van der Waals surface area contributed by atoms with Crippen molar-refractivity contribution in [1.29, 1.82) is 0 Å². The van der Waals surface area contributed by atoms with E-state index in [0.717, 1.165) is 30.8 Å². The molecule has 0 aliphatic rings. The summed E-state index contributed by atoms with van der Waals surface area (Å²) in [7, 11) is 0. The molecule has 4 nitrogen and oxygen atoms in total. The predicted molar refractivity (Wildman–Crippen MR) is 86.8 cm³/mol. The number of aryl methyl sites for hydroxylation is 1. The molecule has 0 spiro atoms. The van der Waals surface area contributed by atoms with E-state index in [1.54, 1.807) is 12.3 Å². The number of carbonyl (C=O) groups is 1. The Bertz CT molecular complexity index is 593. The molecule has 2 aromatic rings. The fourth-order valence-electron chi connectivity index (χ4n) is 1.95. The minimum Gasteiger partial charge on any atom is -0.385 e. The number of anilines is 2. The Balaban J connectivity index is 2.05. The molecule has 0 aliphatic carbocycles. The molecule has 4 heteroatoms. The monoisotopic (exact) mass is 283 g/mol. The molecule has 2 rings (SSSR count). The fraction of sp³-hybridized carbons (Fsp3) is 0.294. The second-order valence-corrected chi connectivity index (χ2v) is 4.86. The first-order valence-electron chi connectivity index (χ1n) is 7.33. The molecule has 0 unspecified atom stereocenters. The number of nitrogens with one attached hydrogen (secondary N) is 2. The van der Waals surface area contributed by atoms with Gasteiger partial charge in [-0.15, -0.1) is 0 Å². The van der Waals surface area contributed by atoms with Gasteiger partial charge in [-0.1, -0.05) is 26.0 Å². The number of carbonyl (C=O) groups excluding carboxylic acids is 1. The fourth-order valence-corrected chi connectivity index (χ4v) is 1.95. The van der Waals surface area contributed by atoms with Gasteiger partial charge in [0.25, 0.3) is 5.91 Å². The van der Waals surface area contributed by atoms with E-state index in [-0.39, 0.29) is 5.91 Å². The Labute approximate surface area is 125 Å². The largest absolute Gasteiger partial charge is 0.385 e. The van der Waals surface area contributed by atoms with Crippen molar-refractivity contribution >= 4 is 17.3 Å². The van der Waals surface area contributed by atoms with Crippen LogP contribution in [-0.2, 0) is 6.42 Å². The van der Waals surface area contributed by atoms with Gasteiger partial charge in [-0.05, 0) is 42.7 Å². The van der Waals surface area contributed by atoms with Crippen molar-refractivity contribution in [2.45, 2.75) is 26.7 Å². The third-order valence-electron chi connectivity index (χ3n) is 3.19. The number of aromatic nitrogens is 1. The zero-order valence-electron chi connectivity index (χ0n) is 12.5. The molecule has 0 bridgehead atoms. The third-order valence-corrected chi connectivity index (χ3v) is 3.19. The zero-order chi connectivity index (χ0) is 15.1. The van der Waals surface area contributed by atoms with Crippen molar-refractivity contribution in [3.05, 3.63) is 53.9 Å². The lowest BCUT2D eigenvalue weighted by Crippen LogP contribution is -2.14. The second-order valence-electron chi connectivity index (χ2n) is 4.86. The minimum atomic E-state index is -0.195. The molecule has 110 valence electrons. The Kier molecular flexibility index (Phi) is 5.32. The first kappa shape index (κ1) is 15.0. The molecule has 0 atom stereocenters. The summed E-state index contributed by atoms with van der Waals surface area (Å²) in [5.74, 6) is -0.195. The lowest BCUT2D eigenvalue weighted by Gasteiger charge is -2.08. The molecule has 1 aromatic heterocycles. The summed E-state index contributed by atoms with van der Waals surface area (Å²) in [4.78, 5) is 16.3. The van der Waals surface area contributed by atoms with E-state index in [9.17, 15) is 4.79 Å². The van der Waals surface area contributed by atoms with Crippen LogP contribution < -0.4 is 10.6 Å². The molecule has 0 saturated carbocycles. The second kappa shape index (κ2) is 7.43. The van der Waals surface area contributed by atoms with Gasteiger partial charge in [-0.3, -0.25) is 9.78 Å². The van der Waals surface area contributed by atoms with Gasteiger partial charge in [0, 0.05) is 24.1 Å². The van der Waals surface area contributed by atoms with E-state index in [4.69, 9.17) is 0 Å². The molecular formula is C17H21N3O. The normalized spacial score (nSPS) is 10.2. The van der Waals surface area contributed by atoms with Gasteiger partial charge in [-0.2, -0.15) is 0 Å². The molecule has 0 fully saturated rings. The van der Waals surface area contributed by atoms with E-state index in [2.05, 4.69) is 29.5 Å². The lowest BCUT2D eigenvalue weighted by atomic mass is 10.1. The highest BCUT2D eigenvalue weighted by molar-refractivity contribution is 6.03. The topological polar surface area (TPSA) is 54.0 Å². The summed E-state index contributed by atoms with van der Waals surface area (Å²) < 4.78 is 0. The zero-order valence-corrected chi connectivity index (χ0v) is 12.5. The summed E-state index contributed by atoms with van der Waals surface area (Å²) in [6.07, 6.45) is 3.67. The molecule has 0 aliphatic heterocycles. The first-order chi connectivity index (χ1) is 10.2. The van der Waals surface area contributed by atoms with E-state index in [1.807, 2.05) is 30.3 Å². The van der Waals surface area contributed by atoms with Crippen LogP contribution in [0, 0.1) is 0 Å². The van der Waals surface area contributed by atoms with Gasteiger partial charge in [0.15, 0.2) is 0 Å². The Morgan fingerprint density at radius 2 is 1.86 bits per heavy atom. The summed E-state index contributed by atoms with van der Waals surface area (Å²) in [6.45, 7) is 5.08. The van der Waals surface area contributed by atoms with Crippen molar-refractivity contribution < 1.29 is 4.79 Å². The molecular weight excluding hydrogens is 262 g/mol. The molecule has 21 heavy (non-hydrogen) atoms. The predicted octanol–water partition coefficient (Wildman–Crippen LogP) is 3.72. The standard InChI is InChI=1S/C17H21N3O/c1-3-10-18-15-9-11-19-16(12-15)17(21)20-14-7-5-13(4-2)6-8-14/h5-9,11-12H,3-4,10H2,1-2H3,(H,18,19)(H,20,21). The number of hydrogen-bond acceptors (Lipinski definition) is 3. The summed E-state index contributed by atoms with van der Waals surface area (Å²) in [5.41, 5.74) is 3.36. The first-order valence-corrected chi connectivity index (χ1v) is 7.33. The van der Waals surface area contributed by atoms with Crippen LogP contribution in [0.5, 0.6) is 0 Å². The summed E-state index contributed by atoms with van der Waals surface area (Å²) >= 11 is 0. The Hall–Kier alpha value is -2.36. The van der Waals surface area contributed by atoms with Gasteiger partial charge >= 0.3 is 0 Å². The Morgan fingerprint density at radius 1 is 1.10 bits per heavy atom. The number of hydrogen-bond donors (Lipinski definition) is 2. The SMILES string of the molecule is CCCNc1ccnc(C(=O)Nc2ccc(CC)cc2)c1. The summed E-state index contributed by atoms with van der Waals surface area (Å²) in [5, 5.41) is 6.11.